The molecule has 1 aromatic heterocycles. The Labute approximate surface area is 163 Å². The molecule has 28 heavy (non-hydrogen) atoms. The second-order valence-electron chi connectivity index (χ2n) is 7.26. The van der Waals surface area contributed by atoms with E-state index >= 15 is 0 Å². The van der Waals surface area contributed by atoms with E-state index in [1.165, 1.54) is 11.3 Å². The Morgan fingerprint density at radius 1 is 1.14 bits per heavy atom. The minimum atomic E-state index is -0.583. The van der Waals surface area contributed by atoms with Gasteiger partial charge in [-0.15, -0.1) is 0 Å². The van der Waals surface area contributed by atoms with Crippen molar-refractivity contribution >= 4 is 16.8 Å². The van der Waals surface area contributed by atoms with E-state index in [4.69, 9.17) is 9.15 Å². The molecule has 4 rings (SSSR count). The number of fused-ring (bicyclic) bond motifs is 1. The van der Waals surface area contributed by atoms with E-state index in [9.17, 15) is 9.90 Å². The molecular formula is C21H25N3O4. The molecule has 0 aliphatic carbocycles. The highest BCUT2D eigenvalue weighted by Gasteiger charge is 2.20. The van der Waals surface area contributed by atoms with E-state index in [-0.39, 0.29) is 6.61 Å². The summed E-state index contributed by atoms with van der Waals surface area (Å²) in [4.78, 5) is 18.4. The van der Waals surface area contributed by atoms with Gasteiger partial charge >= 0.3 is 5.76 Å². The van der Waals surface area contributed by atoms with Gasteiger partial charge in [0.15, 0.2) is 5.58 Å². The number of benzene rings is 2. The fraction of sp³-hybridized carbons (Fsp3) is 0.381. The van der Waals surface area contributed by atoms with Gasteiger partial charge in [-0.2, -0.15) is 0 Å². The van der Waals surface area contributed by atoms with Crippen LogP contribution in [0, 0.1) is 6.92 Å². The lowest BCUT2D eigenvalue weighted by Crippen LogP contribution is -2.49. The summed E-state index contributed by atoms with van der Waals surface area (Å²) in [5.41, 5.74) is 3.60. The Hall–Kier alpha value is -2.77. The normalized spacial score (nSPS) is 16.4. The standard InChI is InChI=1S/C21H25N3O4/c1-15-2-4-16(5-3-15)24-10-8-23(9-11-24)13-17(25)14-27-18-6-7-19-20(12-18)28-21(26)22-19/h2-7,12,17,25H,8-11,13-14H2,1H3,(H,22,26)/t17-/m0/s1. The molecule has 0 bridgehead atoms. The number of aromatic amines is 1. The molecule has 0 saturated carbocycles. The average molecular weight is 383 g/mol. The van der Waals surface area contributed by atoms with Crippen LogP contribution in [-0.2, 0) is 0 Å². The summed E-state index contributed by atoms with van der Waals surface area (Å²) in [7, 11) is 0. The van der Waals surface area contributed by atoms with E-state index in [1.54, 1.807) is 18.2 Å². The molecule has 1 aliphatic rings. The quantitative estimate of drug-likeness (QED) is 0.678. The Morgan fingerprint density at radius 3 is 2.64 bits per heavy atom. The molecule has 0 radical (unpaired) electrons. The number of hydrogen-bond donors (Lipinski definition) is 2. The molecular weight excluding hydrogens is 358 g/mol. The molecule has 2 heterocycles. The monoisotopic (exact) mass is 383 g/mol. The maximum Gasteiger partial charge on any atom is 0.417 e. The average Bonchev–Trinajstić information content (AvgIpc) is 3.07. The van der Waals surface area contributed by atoms with Crippen LogP contribution in [0.4, 0.5) is 5.69 Å². The molecule has 1 atom stereocenters. The van der Waals surface area contributed by atoms with Crippen LogP contribution >= 0.6 is 0 Å². The van der Waals surface area contributed by atoms with Gasteiger partial charge in [-0.25, -0.2) is 4.79 Å². The van der Waals surface area contributed by atoms with Crippen molar-refractivity contribution in [1.29, 1.82) is 0 Å². The van der Waals surface area contributed by atoms with Gasteiger partial charge in [0.2, 0.25) is 0 Å². The third-order valence-electron chi connectivity index (χ3n) is 5.08. The molecule has 0 spiro atoms. The van der Waals surface area contributed by atoms with Gasteiger partial charge in [-0.05, 0) is 31.2 Å². The first-order valence-corrected chi connectivity index (χ1v) is 9.54. The summed E-state index contributed by atoms with van der Waals surface area (Å²) < 4.78 is 10.7. The zero-order valence-corrected chi connectivity index (χ0v) is 15.9. The summed E-state index contributed by atoms with van der Waals surface area (Å²) in [5.74, 6) is 0.0791. The maximum absolute atomic E-state index is 11.2. The number of anilines is 1. The predicted molar refractivity (Wildman–Crippen MR) is 108 cm³/mol. The molecule has 3 aromatic rings. The van der Waals surface area contributed by atoms with Crippen molar-refractivity contribution in [3.63, 3.8) is 0 Å². The maximum atomic E-state index is 11.2. The summed E-state index contributed by atoms with van der Waals surface area (Å²) in [5, 5.41) is 10.3. The van der Waals surface area contributed by atoms with Crippen molar-refractivity contribution in [2.45, 2.75) is 13.0 Å². The van der Waals surface area contributed by atoms with Crippen LogP contribution in [0.25, 0.3) is 11.1 Å². The largest absolute Gasteiger partial charge is 0.491 e. The molecule has 7 heteroatoms. The first-order valence-electron chi connectivity index (χ1n) is 9.54. The number of nitrogens with one attached hydrogen (secondary N) is 1. The number of ether oxygens (including phenoxy) is 1. The van der Waals surface area contributed by atoms with Gasteiger partial charge in [0.05, 0.1) is 5.52 Å². The number of piperazine rings is 1. The van der Waals surface area contributed by atoms with Gasteiger partial charge in [0.25, 0.3) is 0 Å². The predicted octanol–water partition coefficient (Wildman–Crippen LogP) is 1.99. The Bertz CT molecular complexity index is 971. The van der Waals surface area contributed by atoms with Gasteiger partial charge in [0.1, 0.15) is 18.5 Å². The summed E-state index contributed by atoms with van der Waals surface area (Å²) >= 11 is 0. The van der Waals surface area contributed by atoms with E-state index in [0.29, 0.717) is 23.4 Å². The van der Waals surface area contributed by atoms with E-state index in [1.807, 2.05) is 0 Å². The lowest BCUT2D eigenvalue weighted by atomic mass is 10.2. The number of H-pyrrole nitrogens is 1. The van der Waals surface area contributed by atoms with Gasteiger partial charge < -0.3 is 19.2 Å². The van der Waals surface area contributed by atoms with Crippen molar-refractivity contribution in [1.82, 2.24) is 9.88 Å². The van der Waals surface area contributed by atoms with E-state index < -0.39 is 11.9 Å². The lowest BCUT2D eigenvalue weighted by molar-refractivity contribution is 0.0663. The number of hydrogen-bond acceptors (Lipinski definition) is 6. The third-order valence-corrected chi connectivity index (χ3v) is 5.08. The van der Waals surface area contributed by atoms with Crippen LogP contribution in [0.15, 0.2) is 51.7 Å². The number of β-amino-alcohol motifs (C(OH)–C–C–N with tert-alkyl or cyclic N) is 1. The van der Waals surface area contributed by atoms with Crippen LogP contribution in [-0.4, -0.2) is 60.4 Å². The minimum absolute atomic E-state index is 0.193. The fourth-order valence-electron chi connectivity index (χ4n) is 3.50. The number of rotatable bonds is 6. The molecule has 2 aromatic carbocycles. The number of nitrogens with zero attached hydrogens (tertiary/aromatic N) is 2. The zero-order valence-electron chi connectivity index (χ0n) is 15.9. The molecule has 7 nitrogen and oxygen atoms in total. The van der Waals surface area contributed by atoms with Crippen LogP contribution < -0.4 is 15.4 Å². The molecule has 0 unspecified atom stereocenters. The zero-order chi connectivity index (χ0) is 19.5. The van der Waals surface area contributed by atoms with Crippen LogP contribution in [0.5, 0.6) is 5.75 Å². The first kappa shape index (κ1) is 18.6. The second-order valence-corrected chi connectivity index (χ2v) is 7.26. The molecule has 1 saturated heterocycles. The Morgan fingerprint density at radius 2 is 1.89 bits per heavy atom. The van der Waals surface area contributed by atoms with Crippen molar-refractivity contribution in [2.75, 3.05) is 44.2 Å². The van der Waals surface area contributed by atoms with Gasteiger partial charge in [-0.1, -0.05) is 17.7 Å². The highest BCUT2D eigenvalue weighted by atomic mass is 16.5. The number of aryl methyl sites for hydroxylation is 1. The number of aromatic nitrogens is 1. The molecule has 148 valence electrons. The summed E-state index contributed by atoms with van der Waals surface area (Å²) in [6, 6.07) is 13.7. The summed E-state index contributed by atoms with van der Waals surface area (Å²) in [6.07, 6.45) is -0.583. The molecule has 2 N–H and O–H groups in total. The highest BCUT2D eigenvalue weighted by Crippen LogP contribution is 2.19. The van der Waals surface area contributed by atoms with Crippen molar-refractivity contribution in [3.05, 3.63) is 58.6 Å². The van der Waals surface area contributed by atoms with E-state index in [0.717, 1.165) is 26.2 Å². The van der Waals surface area contributed by atoms with Crippen molar-refractivity contribution in [3.8, 4) is 5.75 Å². The summed E-state index contributed by atoms with van der Waals surface area (Å²) in [6.45, 7) is 6.56. The first-order chi connectivity index (χ1) is 13.6. The SMILES string of the molecule is Cc1ccc(N2CCN(C[C@H](O)COc3ccc4[nH]c(=O)oc4c3)CC2)cc1. The Balaban J connectivity index is 1.24. The van der Waals surface area contributed by atoms with Crippen LogP contribution in [0.3, 0.4) is 0 Å². The van der Waals surface area contributed by atoms with Gasteiger partial charge in [0, 0.05) is 44.5 Å². The van der Waals surface area contributed by atoms with Crippen molar-refractivity contribution in [2.24, 2.45) is 0 Å². The molecule has 0 amide bonds. The topological polar surface area (TPSA) is 81.9 Å². The molecule has 1 aliphatic heterocycles. The number of aliphatic hydroxyl groups is 1. The third kappa shape index (κ3) is 4.37. The van der Waals surface area contributed by atoms with Gasteiger partial charge in [-0.3, -0.25) is 9.88 Å². The van der Waals surface area contributed by atoms with E-state index in [2.05, 4.69) is 46.0 Å². The lowest BCUT2D eigenvalue weighted by Gasteiger charge is -2.36. The smallest absolute Gasteiger partial charge is 0.417 e. The fourth-order valence-corrected chi connectivity index (χ4v) is 3.50. The molecule has 1 fully saturated rings. The number of oxazole rings is 1. The van der Waals surface area contributed by atoms with Crippen LogP contribution in [0.2, 0.25) is 0 Å². The number of aliphatic hydroxyl groups excluding tert-OH is 1. The van der Waals surface area contributed by atoms with Crippen LogP contribution in [0.1, 0.15) is 5.56 Å². The highest BCUT2D eigenvalue weighted by molar-refractivity contribution is 5.73. The Kier molecular flexibility index (Phi) is 5.36. The minimum Gasteiger partial charge on any atom is -0.491 e. The second kappa shape index (κ2) is 8.08. The van der Waals surface area contributed by atoms with Crippen molar-refractivity contribution < 1.29 is 14.3 Å².